The fourth-order valence-corrected chi connectivity index (χ4v) is 2.67. The molecule has 1 aromatic rings. The largest absolute Gasteiger partial charge is 0.416 e. The minimum atomic E-state index is -4.46. The number of hydrogen-bond acceptors (Lipinski definition) is 2. The number of carbonyl (C=O) groups is 1. The van der Waals surface area contributed by atoms with Crippen molar-refractivity contribution in [3.05, 3.63) is 28.8 Å². The summed E-state index contributed by atoms with van der Waals surface area (Å²) in [5.74, 6) is -0.232. The molecule has 0 saturated carbocycles. The average Bonchev–Trinajstić information content (AvgIpc) is 2.41. The molecule has 1 aromatic carbocycles. The highest BCUT2D eigenvalue weighted by Gasteiger charge is 2.34. The summed E-state index contributed by atoms with van der Waals surface area (Å²) in [4.78, 5) is 13.7. The molecule has 2 rings (SSSR count). The number of alkyl halides is 3. The Kier molecular flexibility index (Phi) is 4.78. The molecule has 1 N–H and O–H groups in total. The van der Waals surface area contributed by atoms with Gasteiger partial charge < -0.3 is 10.2 Å². The molecular weight excluding hydrogens is 305 g/mol. The number of hydrogen-bond donors (Lipinski definition) is 1. The van der Waals surface area contributed by atoms with Gasteiger partial charge in [-0.15, -0.1) is 0 Å². The molecule has 1 aliphatic heterocycles. The second kappa shape index (κ2) is 6.23. The van der Waals surface area contributed by atoms with Gasteiger partial charge in [0, 0.05) is 6.54 Å². The van der Waals surface area contributed by atoms with Gasteiger partial charge in [0.1, 0.15) is 0 Å². The first-order chi connectivity index (χ1) is 9.84. The number of piperidine rings is 1. The van der Waals surface area contributed by atoms with Crippen LogP contribution in [0.4, 0.5) is 18.9 Å². The normalized spacial score (nSPS) is 20.0. The van der Waals surface area contributed by atoms with E-state index in [9.17, 15) is 18.0 Å². The zero-order chi connectivity index (χ0) is 15.6. The fraction of sp³-hybridized carbons (Fsp3) is 0.500. The Hall–Kier alpha value is -1.27. The summed E-state index contributed by atoms with van der Waals surface area (Å²) in [5, 5.41) is 3.19. The van der Waals surface area contributed by atoms with E-state index < -0.39 is 11.7 Å². The highest BCUT2D eigenvalue weighted by molar-refractivity contribution is 6.34. The molecule has 0 bridgehead atoms. The third kappa shape index (κ3) is 3.49. The zero-order valence-corrected chi connectivity index (χ0v) is 12.3. The molecule has 1 fully saturated rings. The van der Waals surface area contributed by atoms with Crippen molar-refractivity contribution in [3.63, 3.8) is 0 Å². The maximum Gasteiger partial charge on any atom is 0.416 e. The lowest BCUT2D eigenvalue weighted by Gasteiger charge is -2.33. The van der Waals surface area contributed by atoms with E-state index in [1.165, 1.54) is 11.0 Å². The number of halogens is 4. The van der Waals surface area contributed by atoms with Crippen LogP contribution in [0, 0.1) is 0 Å². The summed E-state index contributed by atoms with van der Waals surface area (Å²) < 4.78 is 38.4. The number of nitrogens with one attached hydrogen (secondary N) is 1. The van der Waals surface area contributed by atoms with Crippen LogP contribution >= 0.6 is 11.6 Å². The summed E-state index contributed by atoms with van der Waals surface area (Å²) in [6.45, 7) is 2.88. The van der Waals surface area contributed by atoms with Gasteiger partial charge in [0.15, 0.2) is 0 Å². The van der Waals surface area contributed by atoms with Gasteiger partial charge in [-0.2, -0.15) is 13.2 Å². The predicted octanol–water partition coefficient (Wildman–Crippen LogP) is 3.46. The van der Waals surface area contributed by atoms with Crippen molar-refractivity contribution in [1.29, 1.82) is 0 Å². The maximum absolute atomic E-state index is 12.8. The van der Waals surface area contributed by atoms with Crippen molar-refractivity contribution in [3.8, 4) is 0 Å². The van der Waals surface area contributed by atoms with Gasteiger partial charge in [-0.3, -0.25) is 4.79 Å². The van der Waals surface area contributed by atoms with Crippen molar-refractivity contribution < 1.29 is 18.0 Å². The smallest absolute Gasteiger partial charge is 0.310 e. The van der Waals surface area contributed by atoms with Crippen LogP contribution in [0.15, 0.2) is 18.2 Å². The topological polar surface area (TPSA) is 32.3 Å². The minimum absolute atomic E-state index is 0.124. The molecule has 0 aliphatic carbocycles. The number of anilines is 1. The standard InChI is InChI=1S/C14H16ClF3N2O/c1-2-19-11-4-3-7-20(13(11)21)12-8-9(14(16,17)18)5-6-10(12)15/h5-6,8,11,19H,2-4,7H2,1H3. The van der Waals surface area contributed by atoms with Gasteiger partial charge in [-0.05, 0) is 37.6 Å². The molecule has 0 spiro atoms. The third-order valence-electron chi connectivity index (χ3n) is 3.45. The Morgan fingerprint density at radius 1 is 1.43 bits per heavy atom. The van der Waals surface area contributed by atoms with Crippen molar-refractivity contribution >= 4 is 23.2 Å². The van der Waals surface area contributed by atoms with Crippen LogP contribution in [0.5, 0.6) is 0 Å². The monoisotopic (exact) mass is 320 g/mol. The molecular formula is C14H16ClF3N2O. The van der Waals surface area contributed by atoms with Crippen molar-refractivity contribution in [1.82, 2.24) is 5.32 Å². The fourth-order valence-electron chi connectivity index (χ4n) is 2.45. The number of likely N-dealkylation sites (N-methyl/N-ethyl adjacent to an activating group) is 1. The summed E-state index contributed by atoms with van der Waals surface area (Å²) in [6.07, 6.45) is -3.06. The minimum Gasteiger partial charge on any atom is -0.310 e. The lowest BCUT2D eigenvalue weighted by Crippen LogP contribution is -2.51. The van der Waals surface area contributed by atoms with Crippen LogP contribution in [0.3, 0.4) is 0 Å². The molecule has 0 aromatic heterocycles. The number of amides is 1. The number of rotatable bonds is 3. The Morgan fingerprint density at radius 3 is 2.76 bits per heavy atom. The molecule has 1 atom stereocenters. The second-order valence-electron chi connectivity index (χ2n) is 4.91. The summed E-state index contributed by atoms with van der Waals surface area (Å²) in [6, 6.07) is 2.68. The van der Waals surface area contributed by atoms with E-state index in [1.807, 2.05) is 6.92 Å². The summed E-state index contributed by atoms with van der Waals surface area (Å²) in [7, 11) is 0. The van der Waals surface area contributed by atoms with Crippen LogP contribution in [-0.4, -0.2) is 25.0 Å². The van der Waals surface area contributed by atoms with Crippen molar-refractivity contribution in [2.75, 3.05) is 18.0 Å². The van der Waals surface area contributed by atoms with Gasteiger partial charge in [0.05, 0.1) is 22.3 Å². The lowest BCUT2D eigenvalue weighted by atomic mass is 10.0. The highest BCUT2D eigenvalue weighted by atomic mass is 35.5. The van der Waals surface area contributed by atoms with Crippen LogP contribution in [-0.2, 0) is 11.0 Å². The van der Waals surface area contributed by atoms with E-state index in [0.717, 1.165) is 18.6 Å². The van der Waals surface area contributed by atoms with Crippen LogP contribution in [0.1, 0.15) is 25.3 Å². The molecule has 3 nitrogen and oxygen atoms in total. The second-order valence-corrected chi connectivity index (χ2v) is 5.31. The number of carbonyl (C=O) groups excluding carboxylic acids is 1. The first-order valence-corrected chi connectivity index (χ1v) is 7.14. The quantitative estimate of drug-likeness (QED) is 0.925. The third-order valence-corrected chi connectivity index (χ3v) is 3.77. The van der Waals surface area contributed by atoms with Gasteiger partial charge in [-0.1, -0.05) is 18.5 Å². The van der Waals surface area contributed by atoms with Crippen LogP contribution in [0.25, 0.3) is 0 Å². The van der Waals surface area contributed by atoms with Gasteiger partial charge in [0.2, 0.25) is 5.91 Å². The number of benzene rings is 1. The molecule has 1 heterocycles. The lowest BCUT2D eigenvalue weighted by molar-refractivity contribution is -0.137. The van der Waals surface area contributed by atoms with E-state index in [2.05, 4.69) is 5.32 Å². The summed E-state index contributed by atoms with van der Waals surface area (Å²) in [5.41, 5.74) is -0.681. The van der Waals surface area contributed by atoms with E-state index >= 15 is 0 Å². The zero-order valence-electron chi connectivity index (χ0n) is 11.5. The van der Waals surface area contributed by atoms with Gasteiger partial charge in [0.25, 0.3) is 0 Å². The molecule has 1 unspecified atom stereocenters. The Labute approximate surface area is 126 Å². The highest BCUT2D eigenvalue weighted by Crippen LogP contribution is 2.36. The van der Waals surface area contributed by atoms with Crippen LogP contribution in [0.2, 0.25) is 5.02 Å². The Morgan fingerprint density at radius 2 is 2.14 bits per heavy atom. The van der Waals surface area contributed by atoms with E-state index in [4.69, 9.17) is 11.6 Å². The average molecular weight is 321 g/mol. The van der Waals surface area contributed by atoms with Crippen molar-refractivity contribution in [2.24, 2.45) is 0 Å². The summed E-state index contributed by atoms with van der Waals surface area (Å²) >= 11 is 5.99. The van der Waals surface area contributed by atoms with Gasteiger partial charge >= 0.3 is 6.18 Å². The van der Waals surface area contributed by atoms with Crippen molar-refractivity contribution in [2.45, 2.75) is 32.0 Å². The Bertz CT molecular complexity index is 531. The number of nitrogens with zero attached hydrogens (tertiary/aromatic N) is 1. The SMILES string of the molecule is CCNC1CCCN(c2cc(C(F)(F)F)ccc2Cl)C1=O. The Balaban J connectivity index is 2.34. The van der Waals surface area contributed by atoms with E-state index in [1.54, 1.807) is 0 Å². The molecule has 1 aliphatic rings. The molecule has 21 heavy (non-hydrogen) atoms. The molecule has 1 saturated heterocycles. The van der Waals surface area contributed by atoms with E-state index in [0.29, 0.717) is 19.5 Å². The van der Waals surface area contributed by atoms with Gasteiger partial charge in [-0.25, -0.2) is 0 Å². The first kappa shape index (κ1) is 16.1. The molecule has 1 amide bonds. The maximum atomic E-state index is 12.8. The molecule has 0 radical (unpaired) electrons. The predicted molar refractivity (Wildman–Crippen MR) is 75.5 cm³/mol. The molecule has 7 heteroatoms. The van der Waals surface area contributed by atoms with E-state index in [-0.39, 0.29) is 22.7 Å². The molecule has 116 valence electrons. The first-order valence-electron chi connectivity index (χ1n) is 6.76. The van der Waals surface area contributed by atoms with Crippen LogP contribution < -0.4 is 10.2 Å².